The fourth-order valence-corrected chi connectivity index (χ4v) is 4.81. The molecule has 0 saturated carbocycles. The van der Waals surface area contributed by atoms with E-state index in [1.54, 1.807) is 7.11 Å². The summed E-state index contributed by atoms with van der Waals surface area (Å²) >= 11 is 0. The fourth-order valence-electron chi connectivity index (χ4n) is 4.81. The van der Waals surface area contributed by atoms with Crippen LogP contribution < -0.4 is 9.47 Å². The molecule has 2 aliphatic rings. The van der Waals surface area contributed by atoms with Crippen LogP contribution in [0.2, 0.25) is 0 Å². The van der Waals surface area contributed by atoms with Crippen molar-refractivity contribution in [2.75, 3.05) is 33.3 Å². The lowest BCUT2D eigenvalue weighted by molar-refractivity contribution is 0.0717. The molecule has 2 aliphatic heterocycles. The van der Waals surface area contributed by atoms with Crippen molar-refractivity contribution in [2.24, 2.45) is 0 Å². The lowest BCUT2D eigenvalue weighted by Crippen LogP contribution is -2.43. The first-order chi connectivity index (χ1) is 15.6. The van der Waals surface area contributed by atoms with Gasteiger partial charge in [0.25, 0.3) is 5.91 Å². The minimum atomic E-state index is 0.0760. The average Bonchev–Trinajstić information content (AvgIpc) is 3.38. The number of carbonyl (C=O) groups is 1. The molecule has 2 fully saturated rings. The average molecular weight is 437 g/mol. The third-order valence-corrected chi connectivity index (χ3v) is 6.90. The summed E-state index contributed by atoms with van der Waals surface area (Å²) in [5, 5.41) is 0. The predicted octanol–water partition coefficient (Wildman–Crippen LogP) is 4.80. The van der Waals surface area contributed by atoms with Crippen molar-refractivity contribution in [3.05, 3.63) is 59.7 Å². The summed E-state index contributed by atoms with van der Waals surface area (Å²) in [6.07, 6.45) is 6.53. The van der Waals surface area contributed by atoms with Crippen molar-refractivity contribution in [3.8, 4) is 11.5 Å². The second kappa shape index (κ2) is 10.9. The minimum absolute atomic E-state index is 0.0760. The van der Waals surface area contributed by atoms with Gasteiger partial charge in [-0.05, 0) is 63.1 Å². The molecule has 0 N–H and O–H groups in total. The van der Waals surface area contributed by atoms with Gasteiger partial charge in [0.1, 0.15) is 17.6 Å². The summed E-state index contributed by atoms with van der Waals surface area (Å²) in [5.74, 6) is 1.47. The van der Waals surface area contributed by atoms with Crippen molar-refractivity contribution >= 4 is 5.91 Å². The van der Waals surface area contributed by atoms with Gasteiger partial charge in [-0.1, -0.05) is 30.3 Å². The van der Waals surface area contributed by atoms with E-state index >= 15 is 0 Å². The molecule has 0 radical (unpaired) electrons. The molecular weight excluding hydrogens is 400 g/mol. The Labute approximate surface area is 192 Å². The molecule has 2 aromatic rings. The zero-order valence-corrected chi connectivity index (χ0v) is 19.5. The highest BCUT2D eigenvalue weighted by atomic mass is 16.5. The molecule has 32 heavy (non-hydrogen) atoms. The number of hydrogen-bond donors (Lipinski definition) is 0. The first-order valence-corrected chi connectivity index (χ1v) is 12.1. The van der Waals surface area contributed by atoms with Gasteiger partial charge in [0.2, 0.25) is 0 Å². The quantitative estimate of drug-likeness (QED) is 0.596. The van der Waals surface area contributed by atoms with Crippen LogP contribution in [0.1, 0.15) is 54.9 Å². The zero-order chi connectivity index (χ0) is 22.3. The van der Waals surface area contributed by atoms with E-state index < -0.39 is 0 Å². The van der Waals surface area contributed by atoms with Crippen molar-refractivity contribution in [1.82, 2.24) is 9.80 Å². The molecule has 2 aromatic carbocycles. The molecule has 0 unspecified atom stereocenters. The van der Waals surface area contributed by atoms with Gasteiger partial charge in [0, 0.05) is 38.3 Å². The first kappa shape index (κ1) is 22.7. The van der Waals surface area contributed by atoms with Crippen molar-refractivity contribution in [1.29, 1.82) is 0 Å². The molecule has 2 heterocycles. The number of aryl methyl sites for hydroxylation is 1. The third-order valence-electron chi connectivity index (χ3n) is 6.90. The predicted molar refractivity (Wildman–Crippen MR) is 128 cm³/mol. The Morgan fingerprint density at radius 3 is 2.44 bits per heavy atom. The second-order valence-corrected chi connectivity index (χ2v) is 9.09. The molecule has 2 saturated heterocycles. The number of piperidine rings is 1. The maximum absolute atomic E-state index is 13.0. The van der Waals surface area contributed by atoms with Gasteiger partial charge in [-0.3, -0.25) is 4.79 Å². The van der Waals surface area contributed by atoms with Crippen LogP contribution in [0.25, 0.3) is 0 Å². The van der Waals surface area contributed by atoms with Crippen LogP contribution in [0.5, 0.6) is 11.5 Å². The fraction of sp³-hybridized carbons (Fsp3) is 0.519. The molecule has 0 bridgehead atoms. The van der Waals surface area contributed by atoms with Crippen molar-refractivity contribution in [3.63, 3.8) is 0 Å². The van der Waals surface area contributed by atoms with Gasteiger partial charge >= 0.3 is 0 Å². The number of rotatable bonds is 8. The maximum Gasteiger partial charge on any atom is 0.257 e. The largest absolute Gasteiger partial charge is 0.497 e. The number of nitrogens with zero attached hydrogens (tertiary/aromatic N) is 2. The van der Waals surface area contributed by atoms with Crippen LogP contribution >= 0.6 is 0 Å². The summed E-state index contributed by atoms with van der Waals surface area (Å²) < 4.78 is 11.8. The molecule has 1 atom stereocenters. The van der Waals surface area contributed by atoms with Gasteiger partial charge in [-0.2, -0.15) is 0 Å². The monoisotopic (exact) mass is 436 g/mol. The number of ether oxygens (including phenoxy) is 2. The smallest absolute Gasteiger partial charge is 0.257 e. The van der Waals surface area contributed by atoms with Crippen LogP contribution in [-0.2, 0) is 6.42 Å². The van der Waals surface area contributed by atoms with Crippen LogP contribution in [0.15, 0.2) is 48.5 Å². The first-order valence-electron chi connectivity index (χ1n) is 12.1. The van der Waals surface area contributed by atoms with Crippen LogP contribution in [0.3, 0.4) is 0 Å². The molecule has 5 nitrogen and oxygen atoms in total. The highest BCUT2D eigenvalue weighted by molar-refractivity contribution is 5.97. The second-order valence-electron chi connectivity index (χ2n) is 9.09. The van der Waals surface area contributed by atoms with Gasteiger partial charge in [-0.25, -0.2) is 0 Å². The van der Waals surface area contributed by atoms with Crippen LogP contribution in [0.4, 0.5) is 0 Å². The summed E-state index contributed by atoms with van der Waals surface area (Å²) in [6, 6.07) is 16.9. The van der Waals surface area contributed by atoms with E-state index in [1.165, 1.54) is 12.0 Å². The molecule has 0 aromatic heterocycles. The third kappa shape index (κ3) is 5.63. The summed E-state index contributed by atoms with van der Waals surface area (Å²) in [6.45, 7) is 6.06. The Kier molecular flexibility index (Phi) is 7.69. The number of hydrogen-bond acceptors (Lipinski definition) is 4. The standard InChI is InChI=1S/C27H36N2O3/c1-21(10-11-22-8-4-3-5-9-22)28-18-14-23(15-19-28)32-26-20-24(31-2)12-13-25(26)27(30)29-16-6-7-17-29/h3-5,8-9,12-13,20-21,23H,6-7,10-11,14-19H2,1-2H3/t21-/m0/s1. The minimum Gasteiger partial charge on any atom is -0.497 e. The maximum atomic E-state index is 13.0. The van der Waals surface area contributed by atoms with E-state index in [9.17, 15) is 4.79 Å². The lowest BCUT2D eigenvalue weighted by Gasteiger charge is -2.36. The summed E-state index contributed by atoms with van der Waals surface area (Å²) in [5.41, 5.74) is 2.07. The SMILES string of the molecule is COc1ccc(C(=O)N2CCCC2)c(OC2CCN([C@@H](C)CCc3ccccc3)CC2)c1. The van der Waals surface area contributed by atoms with Gasteiger partial charge in [-0.15, -0.1) is 0 Å². The number of carbonyl (C=O) groups excluding carboxylic acids is 1. The van der Waals surface area contributed by atoms with Gasteiger partial charge in [0.05, 0.1) is 12.7 Å². The van der Waals surface area contributed by atoms with Gasteiger partial charge < -0.3 is 19.3 Å². The number of methoxy groups -OCH3 is 1. The van der Waals surface area contributed by atoms with Crippen molar-refractivity contribution in [2.45, 2.75) is 57.6 Å². The van der Waals surface area contributed by atoms with Crippen LogP contribution in [0, 0.1) is 0 Å². The zero-order valence-electron chi connectivity index (χ0n) is 19.5. The summed E-state index contributed by atoms with van der Waals surface area (Å²) in [7, 11) is 1.65. The molecule has 1 amide bonds. The van der Waals surface area contributed by atoms with E-state index in [2.05, 4.69) is 42.2 Å². The Morgan fingerprint density at radius 2 is 1.75 bits per heavy atom. The van der Waals surface area contributed by atoms with E-state index in [0.29, 0.717) is 17.4 Å². The summed E-state index contributed by atoms with van der Waals surface area (Å²) in [4.78, 5) is 17.5. The normalized spacial score (nSPS) is 18.5. The molecule has 5 heteroatoms. The molecule has 172 valence electrons. The van der Waals surface area contributed by atoms with Gasteiger partial charge in [0.15, 0.2) is 0 Å². The van der Waals surface area contributed by atoms with Crippen LogP contribution in [-0.4, -0.2) is 61.1 Å². The molecule has 0 spiro atoms. The highest BCUT2D eigenvalue weighted by Gasteiger charge is 2.27. The van der Waals surface area contributed by atoms with E-state index in [0.717, 1.165) is 64.0 Å². The molecule has 4 rings (SSSR count). The Balaban J connectivity index is 1.33. The molecular formula is C27H36N2O3. The van der Waals surface area contributed by atoms with E-state index in [-0.39, 0.29) is 12.0 Å². The number of likely N-dealkylation sites (tertiary alicyclic amines) is 2. The number of benzene rings is 2. The highest BCUT2D eigenvalue weighted by Crippen LogP contribution is 2.30. The lowest BCUT2D eigenvalue weighted by atomic mass is 10.0. The molecule has 0 aliphatic carbocycles. The Morgan fingerprint density at radius 1 is 1.03 bits per heavy atom. The Hall–Kier alpha value is -2.53. The van der Waals surface area contributed by atoms with E-state index in [4.69, 9.17) is 9.47 Å². The van der Waals surface area contributed by atoms with E-state index in [1.807, 2.05) is 23.1 Å². The van der Waals surface area contributed by atoms with Crippen molar-refractivity contribution < 1.29 is 14.3 Å². The number of amides is 1. The topological polar surface area (TPSA) is 42.0 Å². The Bertz CT molecular complexity index is 872.